The molecule has 0 saturated carbocycles. The molecule has 0 fully saturated rings. The Balaban J connectivity index is 1.61. The Kier molecular flexibility index (Phi) is 4.34. The predicted molar refractivity (Wildman–Crippen MR) is 91.0 cm³/mol. The van der Waals surface area contributed by atoms with Gasteiger partial charge in [-0.15, -0.1) is 11.3 Å². The topological polar surface area (TPSA) is 45.2 Å². The SMILES string of the molecule is CN(Cc1ccccc1)C(=O)CNc1ccnc2ccsc12. The van der Waals surface area contributed by atoms with Crippen LogP contribution in [0, 0.1) is 0 Å². The molecule has 0 aliphatic rings. The van der Waals surface area contributed by atoms with Crippen LogP contribution < -0.4 is 5.32 Å². The van der Waals surface area contributed by atoms with Gasteiger partial charge in [-0.25, -0.2) is 0 Å². The second-order valence-corrected chi connectivity index (χ2v) is 6.00. The van der Waals surface area contributed by atoms with Crippen molar-refractivity contribution in [2.45, 2.75) is 6.54 Å². The molecule has 2 aromatic heterocycles. The third kappa shape index (κ3) is 3.26. The smallest absolute Gasteiger partial charge is 0.241 e. The number of aromatic nitrogens is 1. The van der Waals surface area contributed by atoms with E-state index in [1.807, 2.05) is 54.9 Å². The highest BCUT2D eigenvalue weighted by Gasteiger charge is 2.10. The molecule has 0 aliphatic carbocycles. The molecule has 0 radical (unpaired) electrons. The molecule has 0 unspecified atom stereocenters. The van der Waals surface area contributed by atoms with Gasteiger partial charge in [-0.1, -0.05) is 30.3 Å². The number of likely N-dealkylation sites (N-methyl/N-ethyl adjacent to an activating group) is 1. The van der Waals surface area contributed by atoms with Crippen LogP contribution in [0.15, 0.2) is 54.0 Å². The van der Waals surface area contributed by atoms with Crippen molar-refractivity contribution in [3.63, 3.8) is 0 Å². The molecule has 1 N–H and O–H groups in total. The molecule has 0 atom stereocenters. The van der Waals surface area contributed by atoms with E-state index in [0.29, 0.717) is 6.54 Å². The van der Waals surface area contributed by atoms with Crippen molar-refractivity contribution >= 4 is 33.1 Å². The lowest BCUT2D eigenvalue weighted by atomic mass is 10.2. The summed E-state index contributed by atoms with van der Waals surface area (Å²) in [5.74, 6) is 0.0605. The summed E-state index contributed by atoms with van der Waals surface area (Å²) < 4.78 is 1.08. The van der Waals surface area contributed by atoms with Gasteiger partial charge in [0.05, 0.1) is 22.4 Å². The highest BCUT2D eigenvalue weighted by molar-refractivity contribution is 7.17. The van der Waals surface area contributed by atoms with E-state index >= 15 is 0 Å². The molecule has 22 heavy (non-hydrogen) atoms. The Bertz CT molecular complexity index is 770. The molecule has 112 valence electrons. The fourth-order valence-corrected chi connectivity index (χ4v) is 3.11. The molecule has 0 saturated heterocycles. The lowest BCUT2D eigenvalue weighted by molar-refractivity contribution is -0.128. The van der Waals surface area contributed by atoms with E-state index in [-0.39, 0.29) is 12.5 Å². The number of nitrogens with zero attached hydrogens (tertiary/aromatic N) is 2. The van der Waals surface area contributed by atoms with Gasteiger partial charge in [-0.3, -0.25) is 9.78 Å². The summed E-state index contributed by atoms with van der Waals surface area (Å²) in [6, 6.07) is 13.9. The highest BCUT2D eigenvalue weighted by atomic mass is 32.1. The van der Waals surface area contributed by atoms with Crippen molar-refractivity contribution in [1.29, 1.82) is 0 Å². The standard InChI is InChI=1S/C17H17N3OS/c1-20(12-13-5-3-2-4-6-13)16(21)11-19-14-7-9-18-15-8-10-22-17(14)15/h2-10H,11-12H2,1H3,(H,18,19). The van der Waals surface area contributed by atoms with E-state index in [1.54, 1.807) is 22.4 Å². The van der Waals surface area contributed by atoms with Gasteiger partial charge in [0.2, 0.25) is 5.91 Å². The number of benzene rings is 1. The van der Waals surface area contributed by atoms with Crippen molar-refractivity contribution in [1.82, 2.24) is 9.88 Å². The average Bonchev–Trinajstić information content (AvgIpc) is 3.02. The minimum absolute atomic E-state index is 0.0605. The van der Waals surface area contributed by atoms with Crippen LogP contribution in [0.2, 0.25) is 0 Å². The fourth-order valence-electron chi connectivity index (χ4n) is 2.26. The molecule has 3 aromatic rings. The number of anilines is 1. The van der Waals surface area contributed by atoms with Crippen molar-refractivity contribution < 1.29 is 4.79 Å². The Hall–Kier alpha value is -2.40. The first-order chi connectivity index (χ1) is 10.7. The van der Waals surface area contributed by atoms with E-state index in [0.717, 1.165) is 21.5 Å². The maximum Gasteiger partial charge on any atom is 0.241 e. The molecule has 4 nitrogen and oxygen atoms in total. The van der Waals surface area contributed by atoms with Crippen LogP contribution in [0.4, 0.5) is 5.69 Å². The van der Waals surface area contributed by atoms with Crippen LogP contribution in [0.1, 0.15) is 5.56 Å². The van der Waals surface area contributed by atoms with Gasteiger partial charge in [0.25, 0.3) is 0 Å². The molecule has 3 rings (SSSR count). The molecular weight excluding hydrogens is 294 g/mol. The number of carbonyl (C=O) groups is 1. The number of rotatable bonds is 5. The van der Waals surface area contributed by atoms with Crippen molar-refractivity contribution in [2.24, 2.45) is 0 Å². The van der Waals surface area contributed by atoms with Crippen molar-refractivity contribution in [3.8, 4) is 0 Å². The van der Waals surface area contributed by atoms with Crippen LogP contribution in [0.3, 0.4) is 0 Å². The number of amides is 1. The maximum atomic E-state index is 12.2. The lowest BCUT2D eigenvalue weighted by Crippen LogP contribution is -2.31. The quantitative estimate of drug-likeness (QED) is 0.786. The maximum absolute atomic E-state index is 12.2. The third-order valence-corrected chi connectivity index (χ3v) is 4.40. The van der Waals surface area contributed by atoms with E-state index in [4.69, 9.17) is 0 Å². The lowest BCUT2D eigenvalue weighted by Gasteiger charge is -2.18. The van der Waals surface area contributed by atoms with Gasteiger partial charge in [-0.2, -0.15) is 0 Å². The molecule has 0 aliphatic heterocycles. The zero-order valence-corrected chi connectivity index (χ0v) is 13.1. The largest absolute Gasteiger partial charge is 0.375 e. The fraction of sp³-hybridized carbons (Fsp3) is 0.176. The van der Waals surface area contributed by atoms with Gasteiger partial charge in [0.1, 0.15) is 0 Å². The van der Waals surface area contributed by atoms with E-state index < -0.39 is 0 Å². The third-order valence-electron chi connectivity index (χ3n) is 3.46. The van der Waals surface area contributed by atoms with Gasteiger partial charge in [0.15, 0.2) is 0 Å². The van der Waals surface area contributed by atoms with E-state index in [2.05, 4.69) is 10.3 Å². The summed E-state index contributed by atoms with van der Waals surface area (Å²) in [6.07, 6.45) is 1.76. The van der Waals surface area contributed by atoms with Gasteiger partial charge < -0.3 is 10.2 Å². The summed E-state index contributed by atoms with van der Waals surface area (Å²) in [5.41, 5.74) is 3.05. The summed E-state index contributed by atoms with van der Waals surface area (Å²) >= 11 is 1.63. The van der Waals surface area contributed by atoms with Crippen LogP contribution >= 0.6 is 11.3 Å². The molecule has 5 heteroatoms. The second-order valence-electron chi connectivity index (χ2n) is 5.08. The molecular formula is C17H17N3OS. The van der Waals surface area contributed by atoms with Crippen LogP contribution in [-0.2, 0) is 11.3 Å². The number of pyridine rings is 1. The molecule has 1 amide bonds. The average molecular weight is 311 g/mol. The first-order valence-electron chi connectivity index (χ1n) is 7.08. The van der Waals surface area contributed by atoms with Gasteiger partial charge >= 0.3 is 0 Å². The number of hydrogen-bond acceptors (Lipinski definition) is 4. The van der Waals surface area contributed by atoms with E-state index in [1.165, 1.54) is 0 Å². The van der Waals surface area contributed by atoms with Crippen LogP contribution in [0.25, 0.3) is 10.2 Å². The Morgan fingerprint density at radius 1 is 1.23 bits per heavy atom. The first-order valence-corrected chi connectivity index (χ1v) is 7.96. The Labute approximate surface area is 133 Å². The first kappa shape index (κ1) is 14.5. The minimum Gasteiger partial charge on any atom is -0.375 e. The summed E-state index contributed by atoms with van der Waals surface area (Å²) in [5, 5.41) is 5.23. The Morgan fingerprint density at radius 2 is 2.05 bits per heavy atom. The number of thiophene rings is 1. The number of nitrogens with one attached hydrogen (secondary N) is 1. The van der Waals surface area contributed by atoms with E-state index in [9.17, 15) is 4.79 Å². The van der Waals surface area contributed by atoms with Gasteiger partial charge in [-0.05, 0) is 23.1 Å². The van der Waals surface area contributed by atoms with Crippen molar-refractivity contribution in [2.75, 3.05) is 18.9 Å². The summed E-state index contributed by atoms with van der Waals surface area (Å²) in [4.78, 5) is 18.3. The zero-order chi connectivity index (χ0) is 15.4. The van der Waals surface area contributed by atoms with Gasteiger partial charge in [0, 0.05) is 19.8 Å². The van der Waals surface area contributed by atoms with Crippen LogP contribution in [0.5, 0.6) is 0 Å². The summed E-state index contributed by atoms with van der Waals surface area (Å²) in [7, 11) is 1.82. The number of carbonyl (C=O) groups excluding carboxylic acids is 1. The molecule has 2 heterocycles. The Morgan fingerprint density at radius 3 is 2.86 bits per heavy atom. The van der Waals surface area contributed by atoms with Crippen LogP contribution in [-0.4, -0.2) is 29.4 Å². The highest BCUT2D eigenvalue weighted by Crippen LogP contribution is 2.26. The summed E-state index contributed by atoms with van der Waals surface area (Å²) in [6.45, 7) is 0.895. The number of fused-ring (bicyclic) bond motifs is 1. The second kappa shape index (κ2) is 6.58. The van der Waals surface area contributed by atoms with Crippen molar-refractivity contribution in [3.05, 3.63) is 59.6 Å². The monoisotopic (exact) mass is 311 g/mol. The minimum atomic E-state index is 0.0605. The molecule has 1 aromatic carbocycles. The normalized spacial score (nSPS) is 10.6. The molecule has 0 spiro atoms. The molecule has 0 bridgehead atoms. The zero-order valence-electron chi connectivity index (χ0n) is 12.3. The predicted octanol–water partition coefficient (Wildman–Crippen LogP) is 3.37. The number of hydrogen-bond donors (Lipinski definition) is 1.